The summed E-state index contributed by atoms with van der Waals surface area (Å²) in [6, 6.07) is 0.426. The monoisotopic (exact) mass is 280 g/mol. The lowest BCUT2D eigenvalue weighted by atomic mass is 9.50. The zero-order valence-corrected chi connectivity index (χ0v) is 12.9. The normalized spacial score (nSPS) is 32.5. The third-order valence-corrected chi connectivity index (χ3v) is 5.90. The van der Waals surface area contributed by atoms with Crippen molar-refractivity contribution in [3.8, 4) is 0 Å². The van der Waals surface area contributed by atoms with E-state index in [4.69, 9.17) is 4.74 Å². The molecule has 1 N–H and O–H groups in total. The Morgan fingerprint density at radius 1 is 1.35 bits per heavy atom. The molecule has 20 heavy (non-hydrogen) atoms. The Hall–Kier alpha value is -0.610. The van der Waals surface area contributed by atoms with E-state index < -0.39 is 0 Å². The summed E-state index contributed by atoms with van der Waals surface area (Å²) in [4.78, 5) is 14.8. The summed E-state index contributed by atoms with van der Waals surface area (Å²) >= 11 is 0. The van der Waals surface area contributed by atoms with Gasteiger partial charge in [-0.1, -0.05) is 6.42 Å². The summed E-state index contributed by atoms with van der Waals surface area (Å²) in [6.45, 7) is 4.85. The van der Waals surface area contributed by atoms with E-state index in [-0.39, 0.29) is 5.92 Å². The van der Waals surface area contributed by atoms with Crippen molar-refractivity contribution in [2.24, 2.45) is 11.3 Å². The molecule has 2 aliphatic carbocycles. The second-order valence-electron chi connectivity index (χ2n) is 6.76. The first kappa shape index (κ1) is 14.3. The van der Waals surface area contributed by atoms with Crippen LogP contribution in [-0.4, -0.2) is 49.7 Å². The highest BCUT2D eigenvalue weighted by atomic mass is 16.5. The maximum atomic E-state index is 12.7. The fourth-order valence-electron chi connectivity index (χ4n) is 4.46. The fourth-order valence-corrected chi connectivity index (χ4v) is 4.46. The average Bonchev–Trinajstić information content (AvgIpc) is 2.41. The van der Waals surface area contributed by atoms with Crippen LogP contribution >= 0.6 is 0 Å². The summed E-state index contributed by atoms with van der Waals surface area (Å²) < 4.78 is 5.89. The van der Waals surface area contributed by atoms with Crippen LogP contribution in [-0.2, 0) is 9.53 Å². The van der Waals surface area contributed by atoms with Gasteiger partial charge in [-0.3, -0.25) is 4.79 Å². The molecular weight excluding hydrogens is 252 g/mol. The van der Waals surface area contributed by atoms with Crippen LogP contribution in [0.1, 0.15) is 45.4 Å². The number of rotatable bonds is 4. The predicted octanol–water partition coefficient (Wildman–Crippen LogP) is 1.79. The first-order valence-corrected chi connectivity index (χ1v) is 8.28. The van der Waals surface area contributed by atoms with Crippen LogP contribution in [0.15, 0.2) is 0 Å². The van der Waals surface area contributed by atoms with Gasteiger partial charge in [0, 0.05) is 31.0 Å². The minimum absolute atomic E-state index is 0.240. The topological polar surface area (TPSA) is 41.6 Å². The smallest absolute Gasteiger partial charge is 0.225 e. The Kier molecular flexibility index (Phi) is 4.04. The van der Waals surface area contributed by atoms with Crippen molar-refractivity contribution in [1.29, 1.82) is 0 Å². The van der Waals surface area contributed by atoms with Crippen molar-refractivity contribution in [3.05, 3.63) is 0 Å². The Balaban J connectivity index is 1.62. The van der Waals surface area contributed by atoms with E-state index in [0.717, 1.165) is 39.0 Å². The molecule has 1 spiro atoms. The van der Waals surface area contributed by atoms with Gasteiger partial charge in [0.15, 0.2) is 0 Å². The largest absolute Gasteiger partial charge is 0.378 e. The maximum Gasteiger partial charge on any atom is 0.225 e. The van der Waals surface area contributed by atoms with Crippen molar-refractivity contribution in [3.63, 3.8) is 0 Å². The zero-order chi connectivity index (χ0) is 14.2. The summed E-state index contributed by atoms with van der Waals surface area (Å²) in [7, 11) is 2.03. The molecule has 0 bridgehead atoms. The lowest BCUT2D eigenvalue weighted by Gasteiger charge is -2.63. The number of amides is 1. The maximum absolute atomic E-state index is 12.7. The second-order valence-corrected chi connectivity index (χ2v) is 6.76. The minimum Gasteiger partial charge on any atom is -0.378 e. The number of carbonyl (C=O) groups excluding carboxylic acids is 1. The van der Waals surface area contributed by atoms with E-state index in [0.29, 0.717) is 23.5 Å². The molecule has 4 heteroatoms. The molecule has 1 saturated heterocycles. The quantitative estimate of drug-likeness (QED) is 0.853. The molecule has 114 valence electrons. The van der Waals surface area contributed by atoms with Gasteiger partial charge >= 0.3 is 0 Å². The van der Waals surface area contributed by atoms with E-state index in [1.54, 1.807) is 0 Å². The SMILES string of the molecule is CCOC1CC(N(C)C(=O)C2CCNCC2)C12CCC2. The number of ether oxygens (including phenoxy) is 1. The van der Waals surface area contributed by atoms with Crippen LogP contribution in [0.25, 0.3) is 0 Å². The average molecular weight is 280 g/mol. The van der Waals surface area contributed by atoms with Crippen molar-refractivity contribution in [1.82, 2.24) is 10.2 Å². The fraction of sp³-hybridized carbons (Fsp3) is 0.938. The summed E-state index contributed by atoms with van der Waals surface area (Å²) in [6.07, 6.45) is 7.22. The van der Waals surface area contributed by atoms with Crippen LogP contribution in [0.3, 0.4) is 0 Å². The van der Waals surface area contributed by atoms with Crippen molar-refractivity contribution >= 4 is 5.91 Å². The minimum atomic E-state index is 0.240. The van der Waals surface area contributed by atoms with Crippen LogP contribution in [0.2, 0.25) is 0 Å². The number of nitrogens with zero attached hydrogens (tertiary/aromatic N) is 1. The predicted molar refractivity (Wildman–Crippen MR) is 78.5 cm³/mol. The van der Waals surface area contributed by atoms with Gasteiger partial charge in [0.25, 0.3) is 0 Å². The molecule has 3 rings (SSSR count). The summed E-state index contributed by atoms with van der Waals surface area (Å²) in [5, 5.41) is 3.34. The van der Waals surface area contributed by atoms with Gasteiger partial charge in [-0.05, 0) is 52.1 Å². The molecule has 1 aliphatic heterocycles. The first-order chi connectivity index (χ1) is 9.69. The van der Waals surface area contributed by atoms with Crippen LogP contribution in [0.5, 0.6) is 0 Å². The van der Waals surface area contributed by atoms with Crippen LogP contribution in [0.4, 0.5) is 0 Å². The third kappa shape index (κ3) is 2.17. The summed E-state index contributed by atoms with van der Waals surface area (Å²) in [5.74, 6) is 0.613. The Bertz CT molecular complexity index is 361. The second kappa shape index (κ2) is 5.64. The lowest BCUT2D eigenvalue weighted by molar-refractivity contribution is -0.204. The Labute approximate surface area is 122 Å². The van der Waals surface area contributed by atoms with Crippen LogP contribution < -0.4 is 5.32 Å². The third-order valence-electron chi connectivity index (χ3n) is 5.90. The molecule has 0 aromatic carbocycles. The van der Waals surface area contributed by atoms with Gasteiger partial charge in [-0.15, -0.1) is 0 Å². The van der Waals surface area contributed by atoms with Gasteiger partial charge in [0.05, 0.1) is 6.10 Å². The number of hydrogen-bond donors (Lipinski definition) is 1. The number of hydrogen-bond acceptors (Lipinski definition) is 3. The molecule has 0 aromatic rings. The molecule has 2 saturated carbocycles. The van der Waals surface area contributed by atoms with Crippen molar-refractivity contribution < 1.29 is 9.53 Å². The van der Waals surface area contributed by atoms with Gasteiger partial charge in [0.2, 0.25) is 5.91 Å². The van der Waals surface area contributed by atoms with E-state index in [1.807, 2.05) is 7.05 Å². The molecule has 2 unspecified atom stereocenters. The van der Waals surface area contributed by atoms with E-state index in [1.165, 1.54) is 19.3 Å². The van der Waals surface area contributed by atoms with Gasteiger partial charge in [-0.2, -0.15) is 0 Å². The molecular formula is C16H28N2O2. The van der Waals surface area contributed by atoms with E-state index >= 15 is 0 Å². The Morgan fingerprint density at radius 2 is 2.05 bits per heavy atom. The lowest BCUT2D eigenvalue weighted by Crippen LogP contribution is -2.68. The molecule has 1 heterocycles. The number of piperidine rings is 1. The highest BCUT2D eigenvalue weighted by Gasteiger charge is 2.61. The molecule has 3 fully saturated rings. The zero-order valence-electron chi connectivity index (χ0n) is 12.9. The van der Waals surface area contributed by atoms with Crippen molar-refractivity contribution in [2.75, 3.05) is 26.7 Å². The van der Waals surface area contributed by atoms with E-state index in [2.05, 4.69) is 17.1 Å². The van der Waals surface area contributed by atoms with Crippen LogP contribution in [0, 0.1) is 11.3 Å². The molecule has 0 radical (unpaired) electrons. The molecule has 3 aliphatic rings. The van der Waals surface area contributed by atoms with E-state index in [9.17, 15) is 4.79 Å². The number of nitrogens with one attached hydrogen (secondary N) is 1. The number of carbonyl (C=O) groups is 1. The molecule has 4 nitrogen and oxygen atoms in total. The molecule has 2 atom stereocenters. The summed E-state index contributed by atoms with van der Waals surface area (Å²) in [5.41, 5.74) is 0.299. The Morgan fingerprint density at radius 3 is 2.60 bits per heavy atom. The van der Waals surface area contributed by atoms with Gasteiger partial charge < -0.3 is 15.0 Å². The van der Waals surface area contributed by atoms with Gasteiger partial charge in [0.1, 0.15) is 0 Å². The van der Waals surface area contributed by atoms with Gasteiger partial charge in [-0.25, -0.2) is 0 Å². The van der Waals surface area contributed by atoms with Crippen molar-refractivity contribution in [2.45, 2.75) is 57.6 Å². The molecule has 1 amide bonds. The first-order valence-electron chi connectivity index (χ1n) is 8.28. The highest BCUT2D eigenvalue weighted by molar-refractivity contribution is 5.79. The standard InChI is InChI=1S/C16H28N2O2/c1-3-20-14-11-13(16(14)7-4-8-16)18(2)15(19)12-5-9-17-10-6-12/h12-14,17H,3-11H2,1-2H3. The highest BCUT2D eigenvalue weighted by Crippen LogP contribution is 2.59. The molecule has 0 aromatic heterocycles.